The highest BCUT2D eigenvalue weighted by molar-refractivity contribution is 5.97. The molecular formula is C22H26N4O4. The lowest BCUT2D eigenvalue weighted by molar-refractivity contribution is -0.150. The molecule has 3 rings (SSSR count). The molecule has 158 valence electrons. The summed E-state index contributed by atoms with van der Waals surface area (Å²) in [6.07, 6.45) is 3.28. The molecule has 0 spiro atoms. The summed E-state index contributed by atoms with van der Waals surface area (Å²) >= 11 is 0. The predicted molar refractivity (Wildman–Crippen MR) is 116 cm³/mol. The summed E-state index contributed by atoms with van der Waals surface area (Å²) in [5.41, 5.74) is 2.20. The summed E-state index contributed by atoms with van der Waals surface area (Å²) in [5, 5.41) is 24.2. The molecular weight excluding hydrogens is 384 g/mol. The molecule has 1 atom stereocenters. The first-order valence-corrected chi connectivity index (χ1v) is 9.27. The molecule has 0 saturated heterocycles. The number of phenolic OH excluding ortho intramolecular Hbond substituents is 1. The van der Waals surface area contributed by atoms with Crippen molar-refractivity contribution in [1.29, 1.82) is 0 Å². The zero-order valence-corrected chi connectivity index (χ0v) is 17.2. The molecule has 0 aliphatic carbocycles. The number of rotatable bonds is 6. The van der Waals surface area contributed by atoms with Crippen LogP contribution in [0.1, 0.15) is 15.9 Å². The number of benzene rings is 2. The van der Waals surface area contributed by atoms with Crippen LogP contribution in [0.2, 0.25) is 0 Å². The first-order valence-electron chi connectivity index (χ1n) is 9.27. The van der Waals surface area contributed by atoms with Crippen LogP contribution < -0.4 is 10.6 Å². The largest absolute Gasteiger partial charge is 0.508 e. The van der Waals surface area contributed by atoms with Gasteiger partial charge < -0.3 is 20.8 Å². The molecule has 0 radical (unpaired) electrons. The smallest absolute Gasteiger partial charge is 0.369 e. The van der Waals surface area contributed by atoms with Crippen LogP contribution in [0.5, 0.6) is 5.75 Å². The van der Waals surface area contributed by atoms with E-state index in [0.717, 1.165) is 11.3 Å². The highest BCUT2D eigenvalue weighted by Crippen LogP contribution is 2.21. The Kier molecular flexibility index (Phi) is 7.85. The fourth-order valence-corrected chi connectivity index (χ4v) is 2.74. The van der Waals surface area contributed by atoms with Crippen LogP contribution in [0.4, 0.5) is 0 Å². The SMILES string of the molecule is CN(C)C1(C(=O)O)N=CC=C(c2ccccc2)N1.CNCC(=O)c1cccc(O)c1. The van der Waals surface area contributed by atoms with Crippen LogP contribution in [-0.4, -0.2) is 66.6 Å². The van der Waals surface area contributed by atoms with Gasteiger partial charge in [0, 0.05) is 17.5 Å². The molecule has 30 heavy (non-hydrogen) atoms. The normalized spacial score (nSPS) is 17.4. The third-order valence-corrected chi connectivity index (χ3v) is 4.35. The van der Waals surface area contributed by atoms with Crippen LogP contribution >= 0.6 is 0 Å². The van der Waals surface area contributed by atoms with E-state index in [-0.39, 0.29) is 11.5 Å². The Labute approximate surface area is 175 Å². The molecule has 1 heterocycles. The van der Waals surface area contributed by atoms with Gasteiger partial charge in [-0.3, -0.25) is 9.69 Å². The molecule has 1 unspecified atom stereocenters. The van der Waals surface area contributed by atoms with Gasteiger partial charge in [0.2, 0.25) is 0 Å². The van der Waals surface area contributed by atoms with Crippen LogP contribution in [-0.2, 0) is 4.79 Å². The second kappa shape index (κ2) is 10.3. The number of aliphatic carboxylic acids is 1. The Hall–Kier alpha value is -3.49. The molecule has 0 bridgehead atoms. The van der Waals surface area contributed by atoms with E-state index in [1.54, 1.807) is 39.4 Å². The molecule has 4 N–H and O–H groups in total. The molecule has 0 saturated carbocycles. The van der Waals surface area contributed by atoms with Crippen LogP contribution in [0.3, 0.4) is 0 Å². The first kappa shape index (κ1) is 22.8. The number of hydrogen-bond acceptors (Lipinski definition) is 7. The number of likely N-dealkylation sites (N-methyl/N-ethyl adjacent to an activating group) is 2. The molecule has 0 aromatic heterocycles. The minimum atomic E-state index is -1.44. The number of nitrogens with zero attached hydrogens (tertiary/aromatic N) is 2. The Balaban J connectivity index is 0.000000232. The van der Waals surface area contributed by atoms with Crippen molar-refractivity contribution in [2.24, 2.45) is 4.99 Å². The van der Waals surface area contributed by atoms with Gasteiger partial charge in [-0.1, -0.05) is 42.5 Å². The molecule has 1 aliphatic rings. The number of phenols is 1. The summed E-state index contributed by atoms with van der Waals surface area (Å²) in [6, 6.07) is 15.9. The number of allylic oxidation sites excluding steroid dienone is 1. The van der Waals surface area contributed by atoms with E-state index in [2.05, 4.69) is 15.6 Å². The van der Waals surface area contributed by atoms with Gasteiger partial charge in [0.15, 0.2) is 5.78 Å². The second-order valence-corrected chi connectivity index (χ2v) is 6.73. The topological polar surface area (TPSA) is 114 Å². The van der Waals surface area contributed by atoms with Crippen molar-refractivity contribution < 1.29 is 19.8 Å². The lowest BCUT2D eigenvalue weighted by atomic mass is 10.1. The van der Waals surface area contributed by atoms with Gasteiger partial charge in [0.05, 0.1) is 6.54 Å². The molecule has 2 aromatic carbocycles. The molecule has 8 nitrogen and oxygen atoms in total. The quantitative estimate of drug-likeness (QED) is 0.537. The fraction of sp³-hybridized carbons (Fsp3) is 0.227. The van der Waals surface area contributed by atoms with Crippen molar-refractivity contribution in [3.05, 3.63) is 71.8 Å². The van der Waals surface area contributed by atoms with Gasteiger partial charge in [0.25, 0.3) is 5.79 Å². The van der Waals surface area contributed by atoms with Gasteiger partial charge in [-0.15, -0.1) is 0 Å². The summed E-state index contributed by atoms with van der Waals surface area (Å²) in [7, 11) is 5.06. The third kappa shape index (κ3) is 5.53. The fourth-order valence-electron chi connectivity index (χ4n) is 2.74. The Morgan fingerprint density at radius 2 is 1.83 bits per heavy atom. The predicted octanol–water partition coefficient (Wildman–Crippen LogP) is 1.80. The van der Waals surface area contributed by atoms with E-state index in [4.69, 9.17) is 5.11 Å². The maximum absolute atomic E-state index is 11.4. The monoisotopic (exact) mass is 410 g/mol. The standard InChI is InChI=1S/C13H15N3O2.C9H11NO2/c1-16(2)13(12(17)18)14-9-8-11(15-13)10-6-4-3-5-7-10;1-10-6-9(12)7-3-2-4-8(11)5-7/h3-9,15H,1-2H3,(H,17,18);2-5,10-11H,6H2,1H3. The molecule has 0 fully saturated rings. The Morgan fingerprint density at radius 1 is 1.13 bits per heavy atom. The molecule has 2 aromatic rings. The van der Waals surface area contributed by atoms with E-state index >= 15 is 0 Å². The number of ketones is 1. The van der Waals surface area contributed by atoms with E-state index in [9.17, 15) is 14.7 Å². The number of Topliss-reactive ketones (excluding diaryl/α,β-unsaturated/α-hetero) is 1. The van der Waals surface area contributed by atoms with Gasteiger partial charge in [0.1, 0.15) is 5.75 Å². The lowest BCUT2D eigenvalue weighted by Gasteiger charge is -2.35. The highest BCUT2D eigenvalue weighted by Gasteiger charge is 2.42. The molecule has 1 aliphatic heterocycles. The third-order valence-electron chi connectivity index (χ3n) is 4.35. The zero-order valence-electron chi connectivity index (χ0n) is 17.2. The number of hydrogen-bond donors (Lipinski definition) is 4. The number of carbonyl (C=O) groups excluding carboxylic acids is 1. The van der Waals surface area contributed by atoms with Crippen molar-refractivity contribution in [2.75, 3.05) is 27.7 Å². The number of nitrogens with one attached hydrogen (secondary N) is 2. The van der Waals surface area contributed by atoms with Crippen molar-refractivity contribution in [3.63, 3.8) is 0 Å². The van der Waals surface area contributed by atoms with Crippen molar-refractivity contribution in [3.8, 4) is 5.75 Å². The molecule has 8 heteroatoms. The number of aromatic hydroxyl groups is 1. The second-order valence-electron chi connectivity index (χ2n) is 6.73. The average Bonchev–Trinajstić information content (AvgIpc) is 2.75. The average molecular weight is 410 g/mol. The minimum Gasteiger partial charge on any atom is -0.508 e. The van der Waals surface area contributed by atoms with Crippen LogP contribution in [0.25, 0.3) is 5.70 Å². The van der Waals surface area contributed by atoms with E-state index in [0.29, 0.717) is 12.1 Å². The zero-order chi connectivity index (χ0) is 22.1. The van der Waals surface area contributed by atoms with E-state index < -0.39 is 11.8 Å². The number of carboxylic acids is 1. The van der Waals surface area contributed by atoms with Crippen molar-refractivity contribution in [2.45, 2.75) is 5.79 Å². The minimum absolute atomic E-state index is 0.0200. The number of carbonyl (C=O) groups is 2. The maximum atomic E-state index is 11.4. The Morgan fingerprint density at radius 3 is 2.40 bits per heavy atom. The van der Waals surface area contributed by atoms with Gasteiger partial charge >= 0.3 is 5.97 Å². The van der Waals surface area contributed by atoms with Crippen LogP contribution in [0.15, 0.2) is 65.7 Å². The summed E-state index contributed by atoms with van der Waals surface area (Å²) < 4.78 is 0. The number of aliphatic imine (C=N–C) groups is 1. The van der Waals surface area contributed by atoms with E-state index in [1.807, 2.05) is 30.3 Å². The summed E-state index contributed by atoms with van der Waals surface area (Å²) in [4.78, 5) is 28.3. The van der Waals surface area contributed by atoms with Gasteiger partial charge in [-0.05, 0) is 44.9 Å². The van der Waals surface area contributed by atoms with E-state index in [1.165, 1.54) is 23.2 Å². The first-order chi connectivity index (χ1) is 14.3. The van der Waals surface area contributed by atoms with Crippen molar-refractivity contribution in [1.82, 2.24) is 15.5 Å². The lowest BCUT2D eigenvalue weighted by Crippen LogP contribution is -2.60. The van der Waals surface area contributed by atoms with Crippen molar-refractivity contribution >= 4 is 23.7 Å². The van der Waals surface area contributed by atoms with Gasteiger partial charge in [-0.2, -0.15) is 0 Å². The Bertz CT molecular complexity index is 941. The summed E-state index contributed by atoms with van der Waals surface area (Å²) in [6.45, 7) is 0.295. The van der Waals surface area contributed by atoms with Gasteiger partial charge in [-0.25, -0.2) is 9.79 Å². The van der Waals surface area contributed by atoms with Crippen LogP contribution in [0, 0.1) is 0 Å². The maximum Gasteiger partial charge on any atom is 0.369 e. The molecule has 0 amide bonds. The summed E-state index contributed by atoms with van der Waals surface area (Å²) in [5.74, 6) is -2.38. The number of carboxylic acid groups (broad SMARTS) is 1. The highest BCUT2D eigenvalue weighted by atomic mass is 16.4.